The molecule has 0 spiro atoms. The molecule has 2 amide bonds. The lowest BCUT2D eigenvalue weighted by molar-refractivity contribution is -0.117. The van der Waals surface area contributed by atoms with Gasteiger partial charge in [-0.1, -0.05) is 55.5 Å². The van der Waals surface area contributed by atoms with Crippen molar-refractivity contribution >= 4 is 34.2 Å². The van der Waals surface area contributed by atoms with Gasteiger partial charge in [0.05, 0.1) is 16.7 Å². The van der Waals surface area contributed by atoms with Crippen molar-refractivity contribution in [3.63, 3.8) is 0 Å². The molecule has 4 rings (SSSR count). The normalized spacial score (nSPS) is 10.8. The van der Waals surface area contributed by atoms with Gasteiger partial charge in [-0.05, 0) is 43.2 Å². The Morgan fingerprint density at radius 1 is 0.853 bits per heavy atom. The average molecular weight is 455 g/mol. The molecule has 34 heavy (non-hydrogen) atoms. The number of anilines is 2. The van der Waals surface area contributed by atoms with Gasteiger partial charge in [0, 0.05) is 17.7 Å². The SMILES string of the molecule is CCC(=O)Nc1ccccc1-c1nc2ccccc2n(CC(=O)Nc2c(C)cccc2C)c1=O. The van der Waals surface area contributed by atoms with E-state index in [1.807, 2.05) is 38.1 Å². The number of aromatic nitrogens is 2. The second-order valence-corrected chi connectivity index (χ2v) is 8.10. The lowest BCUT2D eigenvalue weighted by atomic mass is 10.1. The van der Waals surface area contributed by atoms with Crippen molar-refractivity contribution in [2.24, 2.45) is 0 Å². The summed E-state index contributed by atoms with van der Waals surface area (Å²) in [5, 5.41) is 5.78. The van der Waals surface area contributed by atoms with E-state index in [1.165, 1.54) is 4.57 Å². The van der Waals surface area contributed by atoms with Crippen molar-refractivity contribution in [2.75, 3.05) is 10.6 Å². The first-order valence-corrected chi connectivity index (χ1v) is 11.1. The second-order valence-electron chi connectivity index (χ2n) is 8.10. The molecular formula is C27H26N4O3. The lowest BCUT2D eigenvalue weighted by Gasteiger charge is -2.16. The fourth-order valence-corrected chi connectivity index (χ4v) is 3.90. The third kappa shape index (κ3) is 4.59. The number of hydrogen-bond donors (Lipinski definition) is 2. The highest BCUT2D eigenvalue weighted by molar-refractivity contribution is 5.96. The first kappa shape index (κ1) is 22.9. The van der Waals surface area contributed by atoms with Gasteiger partial charge >= 0.3 is 0 Å². The Kier molecular flexibility index (Phi) is 6.54. The number of nitrogens with one attached hydrogen (secondary N) is 2. The number of fused-ring (bicyclic) bond motifs is 1. The lowest BCUT2D eigenvalue weighted by Crippen LogP contribution is -2.30. The smallest absolute Gasteiger partial charge is 0.278 e. The van der Waals surface area contributed by atoms with Gasteiger partial charge in [0.1, 0.15) is 12.2 Å². The van der Waals surface area contributed by atoms with Crippen molar-refractivity contribution in [2.45, 2.75) is 33.7 Å². The molecule has 1 aromatic heterocycles. The van der Waals surface area contributed by atoms with E-state index in [9.17, 15) is 14.4 Å². The van der Waals surface area contributed by atoms with Crippen LogP contribution < -0.4 is 16.2 Å². The number of amides is 2. The zero-order valence-corrected chi connectivity index (χ0v) is 19.4. The molecular weight excluding hydrogens is 428 g/mol. The summed E-state index contributed by atoms with van der Waals surface area (Å²) in [6.45, 7) is 5.44. The molecule has 7 heteroatoms. The van der Waals surface area contributed by atoms with E-state index >= 15 is 0 Å². The van der Waals surface area contributed by atoms with Gasteiger partial charge in [0.15, 0.2) is 0 Å². The summed E-state index contributed by atoms with van der Waals surface area (Å²) in [6, 6.07) is 20.0. The van der Waals surface area contributed by atoms with Crippen LogP contribution in [0.5, 0.6) is 0 Å². The van der Waals surface area contributed by atoms with E-state index < -0.39 is 5.56 Å². The Bertz CT molecular complexity index is 1440. The number of para-hydroxylation sites is 4. The van der Waals surface area contributed by atoms with E-state index in [-0.39, 0.29) is 24.1 Å². The van der Waals surface area contributed by atoms with Crippen LogP contribution in [0, 0.1) is 13.8 Å². The van der Waals surface area contributed by atoms with Gasteiger partial charge in [0.25, 0.3) is 5.56 Å². The molecule has 0 aliphatic carbocycles. The highest BCUT2D eigenvalue weighted by Crippen LogP contribution is 2.26. The van der Waals surface area contributed by atoms with Crippen LogP contribution in [-0.2, 0) is 16.1 Å². The molecule has 0 saturated carbocycles. The van der Waals surface area contributed by atoms with E-state index in [1.54, 1.807) is 49.4 Å². The van der Waals surface area contributed by atoms with Crippen LogP contribution in [0.1, 0.15) is 24.5 Å². The standard InChI is InChI=1S/C27H26N4O3/c1-4-23(32)28-20-13-6-5-12-19(20)26-27(34)31(22-15-8-7-14-21(22)29-26)16-24(33)30-25-17(2)10-9-11-18(25)3/h5-15H,4,16H2,1-3H3,(H,28,32)(H,30,33). The Hall–Kier alpha value is -4.26. The number of aryl methyl sites for hydroxylation is 2. The van der Waals surface area contributed by atoms with Gasteiger partial charge in [-0.15, -0.1) is 0 Å². The highest BCUT2D eigenvalue weighted by Gasteiger charge is 2.18. The molecule has 1 heterocycles. The fraction of sp³-hybridized carbons (Fsp3) is 0.185. The molecule has 0 aliphatic heterocycles. The number of carbonyl (C=O) groups is 2. The van der Waals surface area contributed by atoms with Gasteiger partial charge in [0.2, 0.25) is 11.8 Å². The van der Waals surface area contributed by atoms with Gasteiger partial charge in [-0.2, -0.15) is 0 Å². The molecule has 0 radical (unpaired) electrons. The molecule has 0 saturated heterocycles. The van der Waals surface area contributed by atoms with Crippen molar-refractivity contribution in [3.8, 4) is 11.3 Å². The van der Waals surface area contributed by atoms with Crippen LogP contribution in [-0.4, -0.2) is 21.4 Å². The van der Waals surface area contributed by atoms with Crippen molar-refractivity contribution < 1.29 is 9.59 Å². The summed E-state index contributed by atoms with van der Waals surface area (Å²) in [5.41, 5.74) is 4.54. The Morgan fingerprint density at radius 2 is 1.53 bits per heavy atom. The maximum absolute atomic E-state index is 13.6. The van der Waals surface area contributed by atoms with Crippen LogP contribution in [0.2, 0.25) is 0 Å². The monoisotopic (exact) mass is 454 g/mol. The Balaban J connectivity index is 1.80. The van der Waals surface area contributed by atoms with Crippen LogP contribution in [0.4, 0.5) is 11.4 Å². The van der Waals surface area contributed by atoms with E-state index in [2.05, 4.69) is 15.6 Å². The van der Waals surface area contributed by atoms with Crippen LogP contribution in [0.15, 0.2) is 71.5 Å². The summed E-state index contributed by atoms with van der Waals surface area (Å²) in [7, 11) is 0. The summed E-state index contributed by atoms with van der Waals surface area (Å²) in [5.74, 6) is -0.476. The predicted molar refractivity (Wildman–Crippen MR) is 135 cm³/mol. The van der Waals surface area contributed by atoms with Gasteiger partial charge in [-0.3, -0.25) is 19.0 Å². The third-order valence-electron chi connectivity index (χ3n) is 5.68. The highest BCUT2D eigenvalue weighted by atomic mass is 16.2. The molecule has 4 aromatic rings. The Labute approximate surface area is 197 Å². The van der Waals surface area contributed by atoms with Crippen LogP contribution in [0.25, 0.3) is 22.3 Å². The summed E-state index contributed by atoms with van der Waals surface area (Å²) in [4.78, 5) is 43.3. The number of rotatable bonds is 6. The van der Waals surface area contributed by atoms with Gasteiger partial charge < -0.3 is 10.6 Å². The number of carbonyl (C=O) groups excluding carboxylic acids is 2. The van der Waals surface area contributed by atoms with E-state index in [0.717, 1.165) is 16.8 Å². The second kappa shape index (κ2) is 9.70. The van der Waals surface area contributed by atoms with Crippen molar-refractivity contribution in [1.29, 1.82) is 0 Å². The number of benzene rings is 3. The molecule has 0 unspecified atom stereocenters. The first-order valence-electron chi connectivity index (χ1n) is 11.1. The maximum atomic E-state index is 13.6. The molecule has 2 N–H and O–H groups in total. The zero-order chi connectivity index (χ0) is 24.2. The number of hydrogen-bond acceptors (Lipinski definition) is 4. The minimum absolute atomic E-state index is 0.165. The molecule has 0 bridgehead atoms. The number of nitrogens with zero attached hydrogens (tertiary/aromatic N) is 2. The average Bonchev–Trinajstić information content (AvgIpc) is 2.83. The molecule has 0 fully saturated rings. The molecule has 172 valence electrons. The minimum Gasteiger partial charge on any atom is -0.325 e. The quantitative estimate of drug-likeness (QED) is 0.443. The predicted octanol–water partition coefficient (Wildman–Crippen LogP) is 4.67. The summed E-state index contributed by atoms with van der Waals surface area (Å²) >= 11 is 0. The first-order chi connectivity index (χ1) is 16.4. The molecule has 3 aromatic carbocycles. The minimum atomic E-state index is -0.409. The largest absolute Gasteiger partial charge is 0.325 e. The maximum Gasteiger partial charge on any atom is 0.278 e. The topological polar surface area (TPSA) is 93.1 Å². The van der Waals surface area contributed by atoms with Gasteiger partial charge in [-0.25, -0.2) is 4.98 Å². The zero-order valence-electron chi connectivity index (χ0n) is 19.4. The van der Waals surface area contributed by atoms with Crippen molar-refractivity contribution in [3.05, 3.63) is 88.2 Å². The van der Waals surface area contributed by atoms with E-state index in [0.29, 0.717) is 28.7 Å². The van der Waals surface area contributed by atoms with E-state index in [4.69, 9.17) is 0 Å². The fourth-order valence-electron chi connectivity index (χ4n) is 3.90. The summed E-state index contributed by atoms with van der Waals surface area (Å²) in [6.07, 6.45) is 0.308. The third-order valence-corrected chi connectivity index (χ3v) is 5.68. The molecule has 0 atom stereocenters. The van der Waals surface area contributed by atoms with Crippen LogP contribution in [0.3, 0.4) is 0 Å². The van der Waals surface area contributed by atoms with Crippen molar-refractivity contribution in [1.82, 2.24) is 9.55 Å². The van der Waals surface area contributed by atoms with Crippen LogP contribution >= 0.6 is 0 Å². The molecule has 0 aliphatic rings. The molecule has 7 nitrogen and oxygen atoms in total. The Morgan fingerprint density at radius 3 is 2.26 bits per heavy atom. The summed E-state index contributed by atoms with van der Waals surface area (Å²) < 4.78 is 1.43.